The topological polar surface area (TPSA) is 35.5 Å². The molecule has 0 amide bonds. The first-order valence-electron chi connectivity index (χ1n) is 5.37. The summed E-state index contributed by atoms with van der Waals surface area (Å²) < 4.78 is 11.8. The molecule has 1 heterocycles. The molecule has 2 rings (SSSR count). The van der Waals surface area contributed by atoms with Crippen molar-refractivity contribution in [2.24, 2.45) is 0 Å². The molecule has 0 radical (unpaired) electrons. The van der Waals surface area contributed by atoms with Crippen molar-refractivity contribution >= 4 is 37.6 Å². The highest BCUT2D eigenvalue weighted by atomic mass is 79.9. The van der Waals surface area contributed by atoms with Gasteiger partial charge in [0.25, 0.3) is 0 Å². The zero-order valence-corrected chi connectivity index (χ0v) is 12.5. The van der Waals surface area contributed by atoms with E-state index in [9.17, 15) is 4.79 Å². The van der Waals surface area contributed by atoms with E-state index in [2.05, 4.69) is 31.9 Å². The van der Waals surface area contributed by atoms with Crippen molar-refractivity contribution < 1.29 is 14.3 Å². The van der Waals surface area contributed by atoms with E-state index in [1.54, 1.807) is 19.1 Å². The van der Waals surface area contributed by atoms with Crippen LogP contribution in [0.15, 0.2) is 16.6 Å². The van der Waals surface area contributed by atoms with Gasteiger partial charge in [-0.1, -0.05) is 15.9 Å². The number of carbonyl (C=O) groups excluding carboxylic acids is 1. The number of hydrogen-bond acceptors (Lipinski definition) is 3. The van der Waals surface area contributed by atoms with Crippen LogP contribution in [0, 0.1) is 0 Å². The van der Waals surface area contributed by atoms with E-state index in [0.717, 1.165) is 10.9 Å². The molecular formula is C12H12Br2O3. The molecule has 1 atom stereocenters. The number of halogens is 2. The van der Waals surface area contributed by atoms with E-state index < -0.39 is 0 Å². The van der Waals surface area contributed by atoms with Crippen molar-refractivity contribution in [1.29, 1.82) is 0 Å². The van der Waals surface area contributed by atoms with Crippen molar-refractivity contribution in [3.05, 3.63) is 22.2 Å². The lowest BCUT2D eigenvalue weighted by atomic mass is 10.1. The molecule has 0 aromatic heterocycles. The lowest BCUT2D eigenvalue weighted by Gasteiger charge is -2.11. The van der Waals surface area contributed by atoms with Crippen LogP contribution in [0.5, 0.6) is 11.5 Å². The summed E-state index contributed by atoms with van der Waals surface area (Å²) in [6.45, 7) is 3.06. The van der Waals surface area contributed by atoms with E-state index in [1.165, 1.54) is 0 Å². The SMILES string of the molecule is CC(Br)C(=O)c1cc2c(cc1Br)OCCCO2. The van der Waals surface area contributed by atoms with Gasteiger partial charge in [-0.25, -0.2) is 0 Å². The molecule has 92 valence electrons. The predicted octanol–water partition coefficient (Wildman–Crippen LogP) is 3.58. The first-order valence-corrected chi connectivity index (χ1v) is 7.08. The van der Waals surface area contributed by atoms with Crippen LogP contribution in [-0.4, -0.2) is 23.8 Å². The highest BCUT2D eigenvalue weighted by molar-refractivity contribution is 9.10. The van der Waals surface area contributed by atoms with Gasteiger partial charge < -0.3 is 9.47 Å². The zero-order chi connectivity index (χ0) is 12.4. The second-order valence-corrected chi connectivity index (χ2v) is 6.04. The molecular weight excluding hydrogens is 352 g/mol. The molecule has 0 saturated heterocycles. The first-order chi connectivity index (χ1) is 8.09. The van der Waals surface area contributed by atoms with E-state index >= 15 is 0 Å². The lowest BCUT2D eigenvalue weighted by molar-refractivity contribution is 0.0994. The van der Waals surface area contributed by atoms with Gasteiger partial charge in [0.15, 0.2) is 17.3 Å². The van der Waals surface area contributed by atoms with Gasteiger partial charge in [-0.05, 0) is 35.0 Å². The molecule has 0 N–H and O–H groups in total. The van der Waals surface area contributed by atoms with Gasteiger partial charge in [0.1, 0.15) is 0 Å². The van der Waals surface area contributed by atoms with Gasteiger partial charge in [0.2, 0.25) is 0 Å². The van der Waals surface area contributed by atoms with Crippen LogP contribution in [-0.2, 0) is 0 Å². The van der Waals surface area contributed by atoms with Gasteiger partial charge in [-0.2, -0.15) is 0 Å². The summed E-state index contributed by atoms with van der Waals surface area (Å²) in [5.41, 5.74) is 0.610. The number of benzene rings is 1. The Hall–Kier alpha value is -0.550. The van der Waals surface area contributed by atoms with Crippen LogP contribution in [0.1, 0.15) is 23.7 Å². The van der Waals surface area contributed by atoms with Crippen molar-refractivity contribution in [3.63, 3.8) is 0 Å². The number of hydrogen-bond donors (Lipinski definition) is 0. The van der Waals surface area contributed by atoms with Crippen LogP contribution < -0.4 is 9.47 Å². The van der Waals surface area contributed by atoms with E-state index in [-0.39, 0.29) is 10.6 Å². The molecule has 1 unspecified atom stereocenters. The third kappa shape index (κ3) is 2.83. The third-order valence-corrected chi connectivity index (χ3v) is 3.54. The fourth-order valence-corrected chi connectivity index (χ4v) is 2.35. The normalized spacial score (nSPS) is 16.2. The molecule has 17 heavy (non-hydrogen) atoms. The summed E-state index contributed by atoms with van der Waals surface area (Å²) in [5.74, 6) is 1.35. The fourth-order valence-electron chi connectivity index (χ4n) is 1.59. The second-order valence-electron chi connectivity index (χ2n) is 3.81. The summed E-state index contributed by atoms with van der Waals surface area (Å²) in [6, 6.07) is 3.54. The first kappa shape index (κ1) is 12.9. The third-order valence-electron chi connectivity index (χ3n) is 2.46. The average Bonchev–Trinajstić information content (AvgIpc) is 2.51. The minimum absolute atomic E-state index is 0.0209. The largest absolute Gasteiger partial charge is 0.490 e. The minimum atomic E-state index is -0.219. The number of ketones is 1. The van der Waals surface area contributed by atoms with E-state index in [1.807, 2.05) is 0 Å². The highest BCUT2D eigenvalue weighted by Crippen LogP contribution is 2.36. The number of alkyl halides is 1. The summed E-state index contributed by atoms with van der Waals surface area (Å²) in [7, 11) is 0. The maximum absolute atomic E-state index is 12.0. The van der Waals surface area contributed by atoms with Gasteiger partial charge >= 0.3 is 0 Å². The van der Waals surface area contributed by atoms with Crippen LogP contribution >= 0.6 is 31.9 Å². The number of fused-ring (bicyclic) bond motifs is 1. The van der Waals surface area contributed by atoms with E-state index in [4.69, 9.17) is 9.47 Å². The van der Waals surface area contributed by atoms with Crippen molar-refractivity contribution in [1.82, 2.24) is 0 Å². The Morgan fingerprint density at radius 1 is 1.29 bits per heavy atom. The highest BCUT2D eigenvalue weighted by Gasteiger charge is 2.20. The van der Waals surface area contributed by atoms with Gasteiger partial charge in [-0.3, -0.25) is 4.79 Å². The monoisotopic (exact) mass is 362 g/mol. The standard InChI is InChI=1S/C12H12Br2O3/c1-7(13)12(15)8-5-10-11(6-9(8)14)17-4-2-3-16-10/h5-7H,2-4H2,1H3. The van der Waals surface area contributed by atoms with Gasteiger partial charge in [0.05, 0.1) is 18.0 Å². The predicted molar refractivity (Wildman–Crippen MR) is 72.5 cm³/mol. The summed E-state index contributed by atoms with van der Waals surface area (Å²) in [5, 5.41) is 0. The van der Waals surface area contributed by atoms with Crippen LogP contribution in [0.3, 0.4) is 0 Å². The average molecular weight is 364 g/mol. The molecule has 1 aliphatic heterocycles. The number of Topliss-reactive ketones (excluding diaryl/α,β-unsaturated/α-hetero) is 1. The van der Waals surface area contributed by atoms with E-state index in [0.29, 0.717) is 30.3 Å². The summed E-state index contributed by atoms with van der Waals surface area (Å²) in [6.07, 6.45) is 0.852. The maximum Gasteiger partial charge on any atom is 0.177 e. The Balaban J connectivity index is 2.42. The molecule has 0 spiro atoms. The molecule has 1 aliphatic rings. The Kier molecular flexibility index (Phi) is 4.09. The number of carbonyl (C=O) groups is 1. The minimum Gasteiger partial charge on any atom is -0.490 e. The van der Waals surface area contributed by atoms with Crippen molar-refractivity contribution in [2.75, 3.05) is 13.2 Å². The van der Waals surface area contributed by atoms with Crippen LogP contribution in [0.2, 0.25) is 0 Å². The molecule has 0 aliphatic carbocycles. The van der Waals surface area contributed by atoms with Gasteiger partial charge in [0, 0.05) is 16.5 Å². The molecule has 1 aromatic carbocycles. The Bertz CT molecular complexity index is 444. The lowest BCUT2D eigenvalue weighted by Crippen LogP contribution is -2.11. The molecule has 3 nitrogen and oxygen atoms in total. The molecule has 1 aromatic rings. The van der Waals surface area contributed by atoms with Crippen molar-refractivity contribution in [2.45, 2.75) is 18.2 Å². The summed E-state index contributed by atoms with van der Waals surface area (Å²) >= 11 is 6.67. The zero-order valence-electron chi connectivity index (χ0n) is 9.33. The molecule has 0 fully saturated rings. The van der Waals surface area contributed by atoms with Crippen LogP contribution in [0.4, 0.5) is 0 Å². The smallest absolute Gasteiger partial charge is 0.177 e. The van der Waals surface area contributed by atoms with Gasteiger partial charge in [-0.15, -0.1) is 0 Å². The van der Waals surface area contributed by atoms with Crippen molar-refractivity contribution in [3.8, 4) is 11.5 Å². The molecule has 0 saturated carbocycles. The Morgan fingerprint density at radius 2 is 1.88 bits per heavy atom. The second kappa shape index (κ2) is 5.40. The Morgan fingerprint density at radius 3 is 2.47 bits per heavy atom. The molecule has 0 bridgehead atoms. The quantitative estimate of drug-likeness (QED) is 0.595. The number of rotatable bonds is 2. The fraction of sp³-hybridized carbons (Fsp3) is 0.417. The maximum atomic E-state index is 12.0. The molecule has 5 heteroatoms. The number of ether oxygens (including phenoxy) is 2. The Labute approximate surface area is 117 Å². The van der Waals surface area contributed by atoms with Crippen LogP contribution in [0.25, 0.3) is 0 Å². The summed E-state index contributed by atoms with van der Waals surface area (Å²) in [4.78, 5) is 11.7.